The third-order valence-electron chi connectivity index (χ3n) is 7.99. The predicted octanol–water partition coefficient (Wildman–Crippen LogP) is 7.06. The smallest absolute Gasteiger partial charge is 0.269 e. The number of nitriles is 1. The van der Waals surface area contributed by atoms with Crippen molar-refractivity contribution in [2.45, 2.75) is 37.6 Å². The van der Waals surface area contributed by atoms with Gasteiger partial charge in [-0.1, -0.05) is 48.5 Å². The molecule has 8 nitrogen and oxygen atoms in total. The molecule has 0 aliphatic carbocycles. The predicted molar refractivity (Wildman–Crippen MR) is 184 cm³/mol. The molecule has 0 bridgehead atoms. The highest BCUT2D eigenvalue weighted by molar-refractivity contribution is 8.19. The number of carbonyl (C=O) groups excluding carboxylic acids is 1. The molecule has 2 N–H and O–H groups in total. The van der Waals surface area contributed by atoms with Crippen molar-refractivity contribution in [2.75, 3.05) is 55.3 Å². The Hall–Kier alpha value is -3.91. The molecule has 3 heterocycles. The van der Waals surface area contributed by atoms with Gasteiger partial charge in [-0.15, -0.1) is 0 Å². The maximum atomic E-state index is 14.1. The normalized spacial score (nSPS) is 19.4. The molecule has 0 aromatic heterocycles. The summed E-state index contributed by atoms with van der Waals surface area (Å²) in [7, 11) is 2.02. The van der Waals surface area contributed by atoms with Gasteiger partial charge >= 0.3 is 0 Å². The highest BCUT2D eigenvalue weighted by Gasteiger charge is 2.39. The Morgan fingerprint density at radius 2 is 1.80 bits per heavy atom. The van der Waals surface area contributed by atoms with Crippen LogP contribution < -0.4 is 15.5 Å². The van der Waals surface area contributed by atoms with Crippen LogP contribution in [0.3, 0.4) is 0 Å². The van der Waals surface area contributed by atoms with E-state index in [0.29, 0.717) is 34.4 Å². The molecule has 3 aliphatic heterocycles. The van der Waals surface area contributed by atoms with E-state index in [-0.39, 0.29) is 5.91 Å². The van der Waals surface area contributed by atoms with E-state index in [1.165, 1.54) is 44.1 Å². The number of likely N-dealkylation sites (tertiary alicyclic amines) is 1. The molecule has 0 unspecified atom stereocenters. The summed E-state index contributed by atoms with van der Waals surface area (Å²) >= 11 is 3.03. The molecule has 0 spiro atoms. The quantitative estimate of drug-likeness (QED) is 0.245. The lowest BCUT2D eigenvalue weighted by Gasteiger charge is -2.26. The van der Waals surface area contributed by atoms with Gasteiger partial charge in [0.15, 0.2) is 5.17 Å². The number of benzene rings is 3. The molecule has 1 amide bonds. The number of nitrogens with one attached hydrogen (secondary N) is 2. The van der Waals surface area contributed by atoms with Gasteiger partial charge in [-0.05, 0) is 86.6 Å². The van der Waals surface area contributed by atoms with Crippen molar-refractivity contribution >= 4 is 57.3 Å². The van der Waals surface area contributed by atoms with E-state index in [0.717, 1.165) is 45.6 Å². The lowest BCUT2D eigenvalue weighted by molar-refractivity contribution is -0.122. The summed E-state index contributed by atoms with van der Waals surface area (Å²) in [6.07, 6.45) is 3.95. The summed E-state index contributed by atoms with van der Waals surface area (Å²) in [4.78, 5) is 27.3. The molecule has 2 fully saturated rings. The maximum Gasteiger partial charge on any atom is 0.269 e. The number of rotatable bonds is 9. The van der Waals surface area contributed by atoms with Crippen LogP contribution in [0.4, 0.5) is 22.7 Å². The van der Waals surface area contributed by atoms with Gasteiger partial charge in [-0.25, -0.2) is 4.99 Å². The summed E-state index contributed by atoms with van der Waals surface area (Å²) < 4.78 is 0. The van der Waals surface area contributed by atoms with Crippen LogP contribution >= 0.6 is 23.5 Å². The van der Waals surface area contributed by atoms with E-state index < -0.39 is 0 Å². The van der Waals surface area contributed by atoms with Crippen molar-refractivity contribution < 1.29 is 4.79 Å². The van der Waals surface area contributed by atoms with E-state index >= 15 is 0 Å². The Bertz CT molecular complexity index is 1630. The van der Waals surface area contributed by atoms with Gasteiger partial charge in [-0.3, -0.25) is 9.69 Å². The summed E-state index contributed by atoms with van der Waals surface area (Å²) in [5.74, 6) is -0.0684. The lowest BCUT2D eigenvalue weighted by Crippen LogP contribution is -2.33. The van der Waals surface area contributed by atoms with Gasteiger partial charge in [0.2, 0.25) is 0 Å². The van der Waals surface area contributed by atoms with Crippen LogP contribution in [-0.4, -0.2) is 60.6 Å². The van der Waals surface area contributed by atoms with Crippen molar-refractivity contribution in [2.24, 2.45) is 4.99 Å². The molecule has 6 rings (SSSR count). The third-order valence-corrected chi connectivity index (χ3v) is 10.4. The lowest BCUT2D eigenvalue weighted by atomic mass is 10.1. The highest BCUT2D eigenvalue weighted by atomic mass is 32.2. The monoisotopic (exact) mass is 623 g/mol. The van der Waals surface area contributed by atoms with E-state index in [4.69, 9.17) is 4.99 Å². The summed E-state index contributed by atoms with van der Waals surface area (Å²) in [6.45, 7) is 7.50. The number of piperidine rings is 1. The zero-order chi connectivity index (χ0) is 30.5. The number of anilines is 3. The molecule has 3 aromatic rings. The van der Waals surface area contributed by atoms with Crippen molar-refractivity contribution in [1.82, 2.24) is 9.80 Å². The molecule has 3 aromatic carbocycles. The molecule has 10 heteroatoms. The SMILES string of the molecule is CCNc1ccc(C#N)cc1N=C1SC(=C2Sc3cc(NCCN4CCCCC4)ccc3N2C)C(=O)N1Cc1ccccc1. The summed E-state index contributed by atoms with van der Waals surface area (Å²) in [5, 5.41) is 18.0. The molecule has 44 heavy (non-hydrogen) atoms. The molecule has 0 radical (unpaired) electrons. The van der Waals surface area contributed by atoms with Crippen LogP contribution in [-0.2, 0) is 11.3 Å². The largest absolute Gasteiger partial charge is 0.384 e. The average Bonchev–Trinajstić information content (AvgIpc) is 3.53. The van der Waals surface area contributed by atoms with Crippen molar-refractivity contribution in [1.29, 1.82) is 5.26 Å². The molecule has 2 saturated heterocycles. The number of aliphatic imine (C=N–C) groups is 1. The Balaban J connectivity index is 1.28. The van der Waals surface area contributed by atoms with Crippen LogP contribution in [0.1, 0.15) is 37.3 Å². The van der Waals surface area contributed by atoms with Gasteiger partial charge in [0.25, 0.3) is 5.91 Å². The summed E-state index contributed by atoms with van der Waals surface area (Å²) in [5.41, 5.74) is 5.20. The summed E-state index contributed by atoms with van der Waals surface area (Å²) in [6, 6.07) is 24.1. The first-order valence-corrected chi connectivity index (χ1v) is 16.8. The van der Waals surface area contributed by atoms with Crippen molar-refractivity contribution in [3.05, 3.63) is 87.8 Å². The van der Waals surface area contributed by atoms with Gasteiger partial charge in [0, 0.05) is 37.3 Å². The fourth-order valence-corrected chi connectivity index (χ4v) is 8.04. The Morgan fingerprint density at radius 1 is 0.977 bits per heavy atom. The number of amides is 1. The number of fused-ring (bicyclic) bond motifs is 1. The Labute approximate surface area is 268 Å². The Kier molecular flexibility index (Phi) is 9.45. The fourth-order valence-electron chi connectivity index (χ4n) is 5.66. The minimum atomic E-state index is -0.0684. The first-order chi connectivity index (χ1) is 21.5. The number of thioether (sulfide) groups is 2. The minimum absolute atomic E-state index is 0.0684. The third kappa shape index (κ3) is 6.60. The van der Waals surface area contributed by atoms with Crippen molar-refractivity contribution in [3.63, 3.8) is 0 Å². The standard InChI is InChI=1S/C34H37N7OS2/c1-3-36-27-14-12-25(22-35)20-28(27)38-34-41(23-24-10-6-4-7-11-24)32(42)31(44-34)33-39(2)29-15-13-26(21-30(29)43-33)37-16-19-40-17-8-5-9-18-40/h4,6-7,10-15,20-21,36-37H,3,5,8-9,16-19,23H2,1-2H3. The van der Waals surface area contributed by atoms with E-state index in [1.807, 2.05) is 50.4 Å². The molecule has 0 saturated carbocycles. The molecule has 0 atom stereocenters. The molecular formula is C34H37N7OS2. The van der Waals surface area contributed by atoms with Gasteiger partial charge in [0.05, 0.1) is 40.3 Å². The number of amidine groups is 1. The van der Waals surface area contributed by atoms with Gasteiger partial charge in [-0.2, -0.15) is 5.26 Å². The average molecular weight is 624 g/mol. The topological polar surface area (TPSA) is 87.0 Å². The van der Waals surface area contributed by atoms with E-state index in [1.54, 1.807) is 28.8 Å². The zero-order valence-electron chi connectivity index (χ0n) is 25.2. The first-order valence-electron chi connectivity index (χ1n) is 15.2. The second-order valence-corrected chi connectivity index (χ2v) is 13.1. The number of carbonyl (C=O) groups is 1. The molecule has 3 aliphatic rings. The van der Waals surface area contributed by atoms with Crippen LogP contribution in [0.5, 0.6) is 0 Å². The second-order valence-electron chi connectivity index (χ2n) is 11.1. The highest BCUT2D eigenvalue weighted by Crippen LogP contribution is 2.51. The van der Waals surface area contributed by atoms with Crippen LogP contribution in [0, 0.1) is 11.3 Å². The van der Waals surface area contributed by atoms with Gasteiger partial charge in [0.1, 0.15) is 4.91 Å². The number of nitrogens with zero attached hydrogens (tertiary/aromatic N) is 5. The maximum absolute atomic E-state index is 14.1. The first kappa shape index (κ1) is 30.1. The van der Waals surface area contributed by atoms with Crippen molar-refractivity contribution in [3.8, 4) is 6.07 Å². The second kappa shape index (κ2) is 13.8. The van der Waals surface area contributed by atoms with Crippen LogP contribution in [0.15, 0.2) is 86.6 Å². The van der Waals surface area contributed by atoms with E-state index in [2.05, 4.69) is 44.7 Å². The zero-order valence-corrected chi connectivity index (χ0v) is 26.8. The van der Waals surface area contributed by atoms with Crippen LogP contribution in [0.25, 0.3) is 0 Å². The molecular weight excluding hydrogens is 587 g/mol. The fraction of sp³-hybridized carbons (Fsp3) is 0.324. The Morgan fingerprint density at radius 3 is 2.57 bits per heavy atom. The van der Waals surface area contributed by atoms with Gasteiger partial charge < -0.3 is 20.4 Å². The number of hydrogen-bond donors (Lipinski definition) is 2. The number of hydrogen-bond acceptors (Lipinski definition) is 9. The van der Waals surface area contributed by atoms with Crippen LogP contribution in [0.2, 0.25) is 0 Å². The minimum Gasteiger partial charge on any atom is -0.384 e. The van der Waals surface area contributed by atoms with E-state index in [9.17, 15) is 10.1 Å². The molecule has 226 valence electrons.